The molecule has 0 spiro atoms. The average Bonchev–Trinajstić information content (AvgIpc) is 3.09. The molecule has 0 saturated carbocycles. The van der Waals surface area contributed by atoms with Crippen LogP contribution in [0.5, 0.6) is 0 Å². The highest BCUT2D eigenvalue weighted by molar-refractivity contribution is 8.00. The van der Waals surface area contributed by atoms with E-state index in [0.29, 0.717) is 0 Å². The first-order chi connectivity index (χ1) is 11.4. The van der Waals surface area contributed by atoms with E-state index in [0.717, 1.165) is 75.0 Å². The van der Waals surface area contributed by atoms with Crippen LogP contribution in [-0.4, -0.2) is 74.1 Å². The van der Waals surface area contributed by atoms with Gasteiger partial charge in [0, 0.05) is 56.6 Å². The summed E-state index contributed by atoms with van der Waals surface area (Å²) in [7, 11) is 0. The molecule has 1 saturated heterocycles. The molecule has 0 atom stereocenters. The lowest BCUT2D eigenvalue weighted by Gasteiger charge is -2.26. The zero-order valence-corrected chi connectivity index (χ0v) is 15.4. The van der Waals surface area contributed by atoms with Crippen molar-refractivity contribution in [1.82, 2.24) is 20.5 Å². The van der Waals surface area contributed by atoms with Gasteiger partial charge >= 0.3 is 0 Å². The molecule has 0 amide bonds. The van der Waals surface area contributed by atoms with Gasteiger partial charge in [-0.05, 0) is 13.3 Å². The summed E-state index contributed by atoms with van der Waals surface area (Å²) < 4.78 is 6.51. The molecule has 1 aromatic heterocycles. The summed E-state index contributed by atoms with van der Waals surface area (Å²) in [5.41, 5.74) is 0. The molecule has 130 valence electrons. The number of guanidine groups is 1. The molecule has 1 aliphatic heterocycles. The monoisotopic (exact) mass is 357 g/mol. The number of hydrogen-bond donors (Lipinski definition) is 2. The minimum atomic E-state index is 0.839. The Morgan fingerprint density at radius 3 is 3.04 bits per heavy atom. The third-order valence-electron chi connectivity index (χ3n) is 3.38. The third kappa shape index (κ3) is 8.01. The summed E-state index contributed by atoms with van der Waals surface area (Å²) in [6.07, 6.45) is 2.91. The fourth-order valence-electron chi connectivity index (χ4n) is 2.20. The molecule has 1 aromatic rings. The van der Waals surface area contributed by atoms with E-state index in [4.69, 9.17) is 4.74 Å². The summed E-state index contributed by atoms with van der Waals surface area (Å²) in [6.45, 7) is 9.54. The lowest BCUT2D eigenvalue weighted by Crippen LogP contribution is -2.44. The summed E-state index contributed by atoms with van der Waals surface area (Å²) in [6, 6.07) is 0. The Bertz CT molecular complexity index is 435. The van der Waals surface area contributed by atoms with E-state index in [9.17, 15) is 0 Å². The van der Waals surface area contributed by atoms with Gasteiger partial charge in [0.1, 0.15) is 4.34 Å². The quantitative estimate of drug-likeness (QED) is 0.302. The van der Waals surface area contributed by atoms with Crippen molar-refractivity contribution in [3.63, 3.8) is 0 Å². The van der Waals surface area contributed by atoms with Crippen LogP contribution >= 0.6 is 23.1 Å². The molecule has 0 bridgehead atoms. The van der Waals surface area contributed by atoms with Crippen LogP contribution in [0.1, 0.15) is 13.3 Å². The number of ether oxygens (including phenoxy) is 1. The maximum Gasteiger partial charge on any atom is 0.191 e. The van der Waals surface area contributed by atoms with Gasteiger partial charge in [0.05, 0.1) is 13.2 Å². The summed E-state index contributed by atoms with van der Waals surface area (Å²) in [5, 5.41) is 8.73. The van der Waals surface area contributed by atoms with Gasteiger partial charge in [-0.2, -0.15) is 0 Å². The van der Waals surface area contributed by atoms with Crippen LogP contribution in [-0.2, 0) is 4.74 Å². The molecule has 1 fully saturated rings. The van der Waals surface area contributed by atoms with Crippen LogP contribution in [0.25, 0.3) is 0 Å². The Balaban J connectivity index is 1.59. The fourth-order valence-corrected chi connectivity index (χ4v) is 3.83. The normalized spacial score (nSPS) is 16.5. The van der Waals surface area contributed by atoms with Crippen LogP contribution in [0.15, 0.2) is 20.9 Å². The van der Waals surface area contributed by atoms with E-state index in [1.54, 1.807) is 11.3 Å². The number of aromatic nitrogens is 1. The number of aliphatic imine (C=N–C) groups is 1. The number of morpholine rings is 1. The standard InChI is InChI=1S/C15H27N5OS2/c1-2-16-14(18-5-7-20-8-10-21-11-9-20)17-4-3-12-22-15-19-6-13-23-15/h6,13H,2-5,7-12H2,1H3,(H2,16,17,18). The van der Waals surface area contributed by atoms with Gasteiger partial charge in [-0.25, -0.2) is 4.98 Å². The Hall–Kier alpha value is -0.830. The van der Waals surface area contributed by atoms with Gasteiger partial charge in [-0.3, -0.25) is 9.89 Å². The van der Waals surface area contributed by atoms with Crippen LogP contribution in [0.2, 0.25) is 0 Å². The van der Waals surface area contributed by atoms with E-state index >= 15 is 0 Å². The SMILES string of the molecule is CCNC(=NCCCSc1nccs1)NCCN1CCOCC1. The van der Waals surface area contributed by atoms with Crippen molar-refractivity contribution < 1.29 is 4.74 Å². The van der Waals surface area contributed by atoms with Crippen molar-refractivity contribution in [3.05, 3.63) is 11.6 Å². The van der Waals surface area contributed by atoms with Crippen molar-refractivity contribution >= 4 is 29.1 Å². The number of thioether (sulfide) groups is 1. The first-order valence-electron chi connectivity index (χ1n) is 8.23. The van der Waals surface area contributed by atoms with Crippen LogP contribution < -0.4 is 10.6 Å². The molecule has 0 radical (unpaired) electrons. The Morgan fingerprint density at radius 2 is 2.30 bits per heavy atom. The number of rotatable bonds is 9. The Labute approximate surface area is 147 Å². The minimum absolute atomic E-state index is 0.839. The highest BCUT2D eigenvalue weighted by Crippen LogP contribution is 2.20. The first-order valence-corrected chi connectivity index (χ1v) is 10.1. The topological polar surface area (TPSA) is 61.8 Å². The van der Waals surface area contributed by atoms with Gasteiger partial charge in [0.15, 0.2) is 5.96 Å². The number of hydrogen-bond acceptors (Lipinski definition) is 6. The number of nitrogens with zero attached hydrogens (tertiary/aromatic N) is 3. The van der Waals surface area contributed by atoms with Crippen LogP contribution in [0.4, 0.5) is 0 Å². The average molecular weight is 358 g/mol. The molecular formula is C15H27N5OS2. The molecule has 2 rings (SSSR count). The van der Waals surface area contributed by atoms with Crippen molar-refractivity contribution in [1.29, 1.82) is 0 Å². The summed E-state index contributed by atoms with van der Waals surface area (Å²) >= 11 is 3.51. The second-order valence-corrected chi connectivity index (χ2v) is 7.38. The first kappa shape index (κ1) is 18.5. The van der Waals surface area contributed by atoms with E-state index in [-0.39, 0.29) is 0 Å². The van der Waals surface area contributed by atoms with Crippen molar-refractivity contribution in [2.45, 2.75) is 17.7 Å². The molecule has 0 aliphatic carbocycles. The van der Waals surface area contributed by atoms with Gasteiger partial charge < -0.3 is 15.4 Å². The van der Waals surface area contributed by atoms with Crippen LogP contribution in [0.3, 0.4) is 0 Å². The van der Waals surface area contributed by atoms with E-state index < -0.39 is 0 Å². The fraction of sp³-hybridized carbons (Fsp3) is 0.733. The Morgan fingerprint density at radius 1 is 1.43 bits per heavy atom. The molecule has 23 heavy (non-hydrogen) atoms. The summed E-state index contributed by atoms with van der Waals surface area (Å²) in [5.74, 6) is 1.98. The van der Waals surface area contributed by atoms with Crippen molar-refractivity contribution in [3.8, 4) is 0 Å². The Kier molecular flexibility index (Phi) is 9.39. The maximum absolute atomic E-state index is 5.36. The molecule has 0 unspecified atom stereocenters. The predicted molar refractivity (Wildman–Crippen MR) is 98.7 cm³/mol. The predicted octanol–water partition coefficient (Wildman–Crippen LogP) is 1.51. The van der Waals surface area contributed by atoms with Crippen molar-refractivity contribution in [2.75, 3.05) is 58.2 Å². The van der Waals surface area contributed by atoms with Crippen molar-refractivity contribution in [2.24, 2.45) is 4.99 Å². The molecule has 1 aliphatic rings. The second kappa shape index (κ2) is 11.7. The van der Waals surface area contributed by atoms with Gasteiger partial charge in [-0.1, -0.05) is 11.8 Å². The highest BCUT2D eigenvalue weighted by atomic mass is 32.2. The third-order valence-corrected chi connectivity index (χ3v) is 5.43. The smallest absolute Gasteiger partial charge is 0.191 e. The van der Waals surface area contributed by atoms with E-state index in [1.807, 2.05) is 23.3 Å². The molecule has 8 heteroatoms. The molecule has 2 heterocycles. The number of nitrogens with one attached hydrogen (secondary N) is 2. The molecule has 6 nitrogen and oxygen atoms in total. The molecule has 0 aromatic carbocycles. The molecular weight excluding hydrogens is 330 g/mol. The molecule has 2 N–H and O–H groups in total. The highest BCUT2D eigenvalue weighted by Gasteiger charge is 2.09. The minimum Gasteiger partial charge on any atom is -0.379 e. The van der Waals surface area contributed by atoms with E-state index in [2.05, 4.69) is 32.4 Å². The lowest BCUT2D eigenvalue weighted by atomic mass is 10.4. The number of thiazole rings is 1. The van der Waals surface area contributed by atoms with Gasteiger partial charge in [-0.15, -0.1) is 11.3 Å². The van der Waals surface area contributed by atoms with Crippen LogP contribution in [0, 0.1) is 0 Å². The summed E-state index contributed by atoms with van der Waals surface area (Å²) in [4.78, 5) is 11.3. The van der Waals surface area contributed by atoms with Gasteiger partial charge in [0.25, 0.3) is 0 Å². The maximum atomic E-state index is 5.36. The zero-order chi connectivity index (χ0) is 16.2. The van der Waals surface area contributed by atoms with Gasteiger partial charge in [0.2, 0.25) is 0 Å². The lowest BCUT2D eigenvalue weighted by molar-refractivity contribution is 0.0389. The largest absolute Gasteiger partial charge is 0.379 e. The van der Waals surface area contributed by atoms with E-state index in [1.165, 1.54) is 0 Å². The zero-order valence-electron chi connectivity index (χ0n) is 13.8. The second-order valence-electron chi connectivity index (χ2n) is 5.14.